The Kier molecular flexibility index (Phi) is 6.27. The average Bonchev–Trinajstić information content (AvgIpc) is 3.51. The van der Waals surface area contributed by atoms with Gasteiger partial charge in [0.1, 0.15) is 11.6 Å². The standard InChI is InChI=1S/C32H30FN5O/c1-4-23-13-15-24(16-14-23)30-29-11-8-18-36(29)31-27(22(3)35-38(31)26-9-6-5-7-10-26)20-37(30)32(39)34-25-17-12-21(2)28(33)19-25/h5-19,30H,4,20H2,1-3H3,(H,34,39)/t30-/m1/s1. The molecular weight excluding hydrogens is 489 g/mol. The number of hydrogen-bond donors (Lipinski definition) is 1. The van der Waals surface area contributed by atoms with E-state index in [1.54, 1.807) is 19.1 Å². The van der Waals surface area contributed by atoms with Crippen LogP contribution in [0.15, 0.2) is 91.1 Å². The van der Waals surface area contributed by atoms with E-state index in [4.69, 9.17) is 5.10 Å². The molecule has 0 fully saturated rings. The number of rotatable bonds is 4. The van der Waals surface area contributed by atoms with Crippen molar-refractivity contribution in [1.82, 2.24) is 19.2 Å². The maximum absolute atomic E-state index is 14.3. The highest BCUT2D eigenvalue weighted by Crippen LogP contribution is 2.39. The van der Waals surface area contributed by atoms with Crippen LogP contribution in [0.3, 0.4) is 0 Å². The van der Waals surface area contributed by atoms with E-state index in [9.17, 15) is 9.18 Å². The molecular formula is C32H30FN5O. The molecule has 1 N–H and O–H groups in total. The van der Waals surface area contributed by atoms with E-state index in [2.05, 4.69) is 47.1 Å². The predicted molar refractivity (Wildman–Crippen MR) is 151 cm³/mol. The number of aromatic nitrogens is 3. The Bertz CT molecular complexity index is 1650. The third kappa shape index (κ3) is 4.40. The number of hydrogen-bond acceptors (Lipinski definition) is 2. The van der Waals surface area contributed by atoms with Crippen molar-refractivity contribution in [3.8, 4) is 11.5 Å². The topological polar surface area (TPSA) is 55.1 Å². The number of amides is 2. The Balaban J connectivity index is 1.52. The van der Waals surface area contributed by atoms with Gasteiger partial charge in [-0.25, -0.2) is 13.9 Å². The first-order valence-electron chi connectivity index (χ1n) is 13.2. The lowest BCUT2D eigenvalue weighted by molar-refractivity contribution is 0.194. The van der Waals surface area contributed by atoms with Gasteiger partial charge in [-0.3, -0.25) is 0 Å². The molecule has 1 atom stereocenters. The summed E-state index contributed by atoms with van der Waals surface area (Å²) < 4.78 is 18.4. The first-order valence-corrected chi connectivity index (χ1v) is 13.2. The molecule has 5 aromatic rings. The van der Waals surface area contributed by atoms with Crippen LogP contribution in [0.5, 0.6) is 0 Å². The van der Waals surface area contributed by atoms with Gasteiger partial charge in [0.05, 0.1) is 29.7 Å². The van der Waals surface area contributed by atoms with Crippen LogP contribution in [0, 0.1) is 19.7 Å². The average molecular weight is 520 g/mol. The van der Waals surface area contributed by atoms with Gasteiger partial charge in [-0.2, -0.15) is 5.10 Å². The van der Waals surface area contributed by atoms with Gasteiger partial charge >= 0.3 is 6.03 Å². The zero-order chi connectivity index (χ0) is 27.1. The van der Waals surface area contributed by atoms with E-state index < -0.39 is 0 Å². The van der Waals surface area contributed by atoms with Gasteiger partial charge in [0.25, 0.3) is 0 Å². The van der Waals surface area contributed by atoms with Crippen LogP contribution >= 0.6 is 0 Å². The zero-order valence-corrected chi connectivity index (χ0v) is 22.2. The molecule has 0 saturated carbocycles. The Hall–Kier alpha value is -4.65. The fourth-order valence-electron chi connectivity index (χ4n) is 5.30. The number of carbonyl (C=O) groups is 1. The predicted octanol–water partition coefficient (Wildman–Crippen LogP) is 7.12. The summed E-state index contributed by atoms with van der Waals surface area (Å²) >= 11 is 0. The molecule has 39 heavy (non-hydrogen) atoms. The van der Waals surface area contributed by atoms with E-state index >= 15 is 0 Å². The number of nitrogens with one attached hydrogen (secondary N) is 1. The van der Waals surface area contributed by atoms with Gasteiger partial charge in [0, 0.05) is 17.4 Å². The molecule has 6 nitrogen and oxygen atoms in total. The lowest BCUT2D eigenvalue weighted by atomic mass is 9.99. The van der Waals surface area contributed by atoms with Gasteiger partial charge in [0.15, 0.2) is 0 Å². The SMILES string of the molecule is CCc1ccc([C@@H]2c3cccn3-c3c(c(C)nn3-c3ccccc3)CN2C(=O)Nc2ccc(C)c(F)c2)cc1. The second-order valence-electron chi connectivity index (χ2n) is 9.96. The van der Waals surface area contributed by atoms with E-state index in [0.29, 0.717) is 17.8 Å². The number of benzene rings is 3. The third-order valence-corrected chi connectivity index (χ3v) is 7.47. The molecule has 1 aliphatic rings. The molecule has 0 unspecified atom stereocenters. The highest BCUT2D eigenvalue weighted by atomic mass is 19.1. The molecule has 0 radical (unpaired) electrons. The van der Waals surface area contributed by atoms with Gasteiger partial charge in [-0.05, 0) is 73.4 Å². The molecule has 1 aliphatic heterocycles. The molecule has 0 aliphatic carbocycles. The molecule has 0 bridgehead atoms. The van der Waals surface area contributed by atoms with E-state index in [0.717, 1.165) is 40.4 Å². The second-order valence-corrected chi connectivity index (χ2v) is 9.96. The van der Waals surface area contributed by atoms with Gasteiger partial charge in [-0.1, -0.05) is 55.5 Å². The molecule has 7 heteroatoms. The molecule has 0 saturated heterocycles. The first kappa shape index (κ1) is 24.7. The van der Waals surface area contributed by atoms with Crippen molar-refractivity contribution in [3.63, 3.8) is 0 Å². The number of fused-ring (bicyclic) bond motifs is 3. The normalized spacial score (nSPS) is 14.5. The molecule has 3 heterocycles. The summed E-state index contributed by atoms with van der Waals surface area (Å²) in [6.45, 7) is 6.13. The van der Waals surface area contributed by atoms with E-state index in [-0.39, 0.29) is 17.9 Å². The van der Waals surface area contributed by atoms with Crippen LogP contribution in [0.2, 0.25) is 0 Å². The fraction of sp³-hybridized carbons (Fsp3) is 0.188. The highest BCUT2D eigenvalue weighted by molar-refractivity contribution is 5.90. The van der Waals surface area contributed by atoms with Gasteiger partial charge in [-0.15, -0.1) is 0 Å². The van der Waals surface area contributed by atoms with Gasteiger partial charge in [0.2, 0.25) is 0 Å². The number of para-hydroxylation sites is 1. The van der Waals surface area contributed by atoms with Crippen LogP contribution in [0.1, 0.15) is 46.6 Å². The number of halogens is 1. The lowest BCUT2D eigenvalue weighted by Crippen LogP contribution is -2.38. The van der Waals surface area contributed by atoms with Crippen LogP contribution in [-0.2, 0) is 13.0 Å². The fourth-order valence-corrected chi connectivity index (χ4v) is 5.30. The first-order chi connectivity index (χ1) is 18.9. The Morgan fingerprint density at radius 2 is 1.77 bits per heavy atom. The summed E-state index contributed by atoms with van der Waals surface area (Å²) in [6, 6.07) is 26.6. The van der Waals surface area contributed by atoms with Crippen molar-refractivity contribution < 1.29 is 9.18 Å². The van der Waals surface area contributed by atoms with Crippen molar-refractivity contribution in [2.75, 3.05) is 5.32 Å². The summed E-state index contributed by atoms with van der Waals surface area (Å²) in [6.07, 6.45) is 2.96. The summed E-state index contributed by atoms with van der Waals surface area (Å²) in [4.78, 5) is 15.8. The number of carbonyl (C=O) groups excluding carboxylic acids is 1. The number of nitrogens with zero attached hydrogens (tertiary/aromatic N) is 4. The minimum Gasteiger partial charge on any atom is -0.308 e. The van der Waals surface area contributed by atoms with Crippen molar-refractivity contribution >= 4 is 11.7 Å². The minimum atomic E-state index is -0.378. The maximum Gasteiger partial charge on any atom is 0.322 e. The van der Waals surface area contributed by atoms with E-state index in [1.165, 1.54) is 11.6 Å². The molecule has 196 valence electrons. The summed E-state index contributed by atoms with van der Waals surface area (Å²) in [5.41, 5.74) is 6.86. The number of urea groups is 1. The van der Waals surface area contributed by atoms with Crippen molar-refractivity contribution in [2.24, 2.45) is 0 Å². The summed E-state index contributed by atoms with van der Waals surface area (Å²) in [7, 11) is 0. The quantitative estimate of drug-likeness (QED) is 0.275. The molecule has 2 aromatic heterocycles. The van der Waals surface area contributed by atoms with Crippen LogP contribution in [0.25, 0.3) is 11.5 Å². The van der Waals surface area contributed by atoms with Crippen molar-refractivity contribution in [1.29, 1.82) is 0 Å². The molecule has 2 amide bonds. The Morgan fingerprint density at radius 1 is 1.00 bits per heavy atom. The van der Waals surface area contributed by atoms with Crippen LogP contribution in [0.4, 0.5) is 14.9 Å². The Morgan fingerprint density at radius 3 is 2.49 bits per heavy atom. The summed E-state index contributed by atoms with van der Waals surface area (Å²) in [5.74, 6) is 0.553. The Labute approximate surface area is 227 Å². The maximum atomic E-state index is 14.3. The van der Waals surface area contributed by atoms with Gasteiger partial charge < -0.3 is 14.8 Å². The number of aryl methyl sites for hydroxylation is 3. The molecule has 6 rings (SSSR count). The largest absolute Gasteiger partial charge is 0.322 e. The second kappa shape index (κ2) is 9.91. The van der Waals surface area contributed by atoms with Crippen molar-refractivity contribution in [2.45, 2.75) is 39.8 Å². The monoisotopic (exact) mass is 519 g/mol. The smallest absolute Gasteiger partial charge is 0.308 e. The highest BCUT2D eigenvalue weighted by Gasteiger charge is 2.36. The zero-order valence-electron chi connectivity index (χ0n) is 22.2. The van der Waals surface area contributed by atoms with Crippen LogP contribution < -0.4 is 5.32 Å². The minimum absolute atomic E-state index is 0.310. The van der Waals surface area contributed by atoms with Crippen molar-refractivity contribution in [3.05, 3.63) is 131 Å². The number of anilines is 1. The lowest BCUT2D eigenvalue weighted by Gasteiger charge is -2.31. The van der Waals surface area contributed by atoms with Crippen LogP contribution in [-0.4, -0.2) is 25.3 Å². The van der Waals surface area contributed by atoms with E-state index in [1.807, 2.05) is 59.1 Å². The molecule has 0 spiro atoms. The summed E-state index contributed by atoms with van der Waals surface area (Å²) in [5, 5.41) is 7.84. The third-order valence-electron chi connectivity index (χ3n) is 7.47. The molecule has 3 aromatic carbocycles.